The standard InChI is InChI=1S/C18H16Cl3N3O3S/c1-10-4-2-5-11(8-10)14(25)23-16(18(19,20)21)24-17(28)22-13-7-3-6-12(9-13)15(26)27/h2-9,16H,1H3,(H,23,25)(H,26,27)(H2,22,24,28)/p-1. The van der Waals surface area contributed by atoms with Crippen LogP contribution in [0.1, 0.15) is 26.3 Å². The maximum absolute atomic E-state index is 12.5. The summed E-state index contributed by atoms with van der Waals surface area (Å²) >= 11 is 23.0. The van der Waals surface area contributed by atoms with Crippen molar-refractivity contribution in [3.63, 3.8) is 0 Å². The van der Waals surface area contributed by atoms with E-state index in [1.807, 2.05) is 13.0 Å². The molecule has 0 aromatic heterocycles. The van der Waals surface area contributed by atoms with E-state index >= 15 is 0 Å². The number of hydrogen-bond donors (Lipinski definition) is 3. The minimum atomic E-state index is -1.92. The van der Waals surface area contributed by atoms with Crippen LogP contribution in [0.3, 0.4) is 0 Å². The lowest BCUT2D eigenvalue weighted by molar-refractivity contribution is -0.255. The number of aromatic carboxylic acids is 1. The molecule has 28 heavy (non-hydrogen) atoms. The zero-order valence-corrected chi connectivity index (χ0v) is 17.5. The van der Waals surface area contributed by atoms with E-state index in [9.17, 15) is 14.7 Å². The molecule has 0 aliphatic rings. The fourth-order valence-corrected chi connectivity index (χ4v) is 2.79. The molecule has 1 unspecified atom stereocenters. The molecule has 0 aliphatic heterocycles. The molecule has 1 amide bonds. The van der Waals surface area contributed by atoms with Crippen molar-refractivity contribution >= 4 is 69.7 Å². The average molecular weight is 460 g/mol. The Bertz CT molecular complexity index is 903. The van der Waals surface area contributed by atoms with Gasteiger partial charge in [0.15, 0.2) is 5.11 Å². The predicted molar refractivity (Wildman–Crippen MR) is 113 cm³/mol. The van der Waals surface area contributed by atoms with Gasteiger partial charge < -0.3 is 25.9 Å². The Morgan fingerprint density at radius 3 is 2.29 bits per heavy atom. The van der Waals surface area contributed by atoms with Crippen LogP contribution >= 0.6 is 47.0 Å². The minimum absolute atomic E-state index is 0.0105. The Morgan fingerprint density at radius 2 is 1.68 bits per heavy atom. The molecule has 0 saturated heterocycles. The summed E-state index contributed by atoms with van der Waals surface area (Å²) in [4.78, 5) is 23.4. The molecule has 0 spiro atoms. The highest BCUT2D eigenvalue weighted by Crippen LogP contribution is 2.29. The fraction of sp³-hybridized carbons (Fsp3) is 0.167. The van der Waals surface area contributed by atoms with Gasteiger partial charge in [-0.2, -0.15) is 0 Å². The highest BCUT2D eigenvalue weighted by Gasteiger charge is 2.34. The summed E-state index contributed by atoms with van der Waals surface area (Å²) in [6, 6.07) is 12.7. The van der Waals surface area contributed by atoms with Gasteiger partial charge in [0.1, 0.15) is 6.17 Å². The molecular formula is C18H15Cl3N3O3S-. The molecule has 0 aliphatic carbocycles. The minimum Gasteiger partial charge on any atom is -0.545 e. The van der Waals surface area contributed by atoms with Crippen LogP contribution in [0.15, 0.2) is 48.5 Å². The number of amides is 1. The van der Waals surface area contributed by atoms with Gasteiger partial charge in [-0.05, 0) is 49.0 Å². The van der Waals surface area contributed by atoms with Crippen molar-refractivity contribution in [2.45, 2.75) is 16.9 Å². The first-order valence-corrected chi connectivity index (χ1v) is 9.43. The maximum atomic E-state index is 12.5. The van der Waals surface area contributed by atoms with Crippen molar-refractivity contribution in [1.29, 1.82) is 0 Å². The van der Waals surface area contributed by atoms with Gasteiger partial charge in [-0.25, -0.2) is 0 Å². The third-order valence-electron chi connectivity index (χ3n) is 3.51. The van der Waals surface area contributed by atoms with Crippen molar-refractivity contribution < 1.29 is 14.7 Å². The summed E-state index contributed by atoms with van der Waals surface area (Å²) in [5.41, 5.74) is 1.64. The lowest BCUT2D eigenvalue weighted by Gasteiger charge is -2.28. The molecule has 10 heteroatoms. The molecule has 0 saturated carbocycles. The molecule has 2 aromatic carbocycles. The van der Waals surface area contributed by atoms with Crippen LogP contribution in [-0.2, 0) is 0 Å². The second-order valence-corrected chi connectivity index (χ2v) is 8.56. The molecular weight excluding hydrogens is 445 g/mol. The highest BCUT2D eigenvalue weighted by atomic mass is 35.6. The Labute approximate surface area is 182 Å². The highest BCUT2D eigenvalue weighted by molar-refractivity contribution is 7.80. The summed E-state index contributed by atoms with van der Waals surface area (Å²) in [6.07, 6.45) is -1.16. The maximum Gasteiger partial charge on any atom is 0.252 e. The second kappa shape index (κ2) is 9.43. The molecule has 148 valence electrons. The van der Waals surface area contributed by atoms with E-state index in [2.05, 4.69) is 16.0 Å². The SMILES string of the molecule is Cc1cccc(C(=O)NC(NC(=S)Nc2cccc(C(=O)[O-])c2)C(Cl)(Cl)Cl)c1. The number of rotatable bonds is 5. The topological polar surface area (TPSA) is 93.3 Å². The zero-order valence-electron chi connectivity index (χ0n) is 14.5. The third kappa shape index (κ3) is 6.53. The van der Waals surface area contributed by atoms with Gasteiger partial charge in [-0.3, -0.25) is 4.79 Å². The van der Waals surface area contributed by atoms with Crippen LogP contribution in [0, 0.1) is 6.92 Å². The number of carbonyl (C=O) groups excluding carboxylic acids is 2. The van der Waals surface area contributed by atoms with Crippen molar-refractivity contribution in [1.82, 2.24) is 10.6 Å². The molecule has 0 heterocycles. The van der Waals surface area contributed by atoms with E-state index in [1.165, 1.54) is 18.2 Å². The lowest BCUT2D eigenvalue weighted by atomic mass is 10.1. The van der Waals surface area contributed by atoms with Crippen LogP contribution in [-0.4, -0.2) is 26.9 Å². The first-order chi connectivity index (χ1) is 13.1. The number of thiocarbonyl (C=S) groups is 1. The normalized spacial score (nSPS) is 12.0. The van der Waals surface area contributed by atoms with Gasteiger partial charge in [-0.1, -0.05) is 64.6 Å². The van der Waals surface area contributed by atoms with E-state index in [4.69, 9.17) is 47.0 Å². The molecule has 0 radical (unpaired) electrons. The molecule has 6 nitrogen and oxygen atoms in total. The first-order valence-electron chi connectivity index (χ1n) is 7.89. The van der Waals surface area contributed by atoms with Crippen LogP contribution in [0.5, 0.6) is 0 Å². The van der Waals surface area contributed by atoms with E-state index in [1.54, 1.807) is 24.3 Å². The Kier molecular flexibility index (Phi) is 7.48. The first kappa shape index (κ1) is 22.2. The number of aryl methyl sites for hydroxylation is 1. The summed E-state index contributed by atoms with van der Waals surface area (Å²) < 4.78 is -1.92. The van der Waals surface area contributed by atoms with Crippen LogP contribution in [0.4, 0.5) is 5.69 Å². The molecule has 0 fully saturated rings. The summed E-state index contributed by atoms with van der Waals surface area (Å²) in [7, 11) is 0. The number of halogens is 3. The van der Waals surface area contributed by atoms with Crippen LogP contribution in [0.2, 0.25) is 0 Å². The summed E-state index contributed by atoms with van der Waals surface area (Å²) in [6.45, 7) is 1.85. The van der Waals surface area contributed by atoms with Crippen LogP contribution in [0.25, 0.3) is 0 Å². The summed E-state index contributed by atoms with van der Waals surface area (Å²) in [5, 5.41) is 19.0. The monoisotopic (exact) mass is 458 g/mol. The molecule has 2 rings (SSSR count). The number of carboxylic acid groups (broad SMARTS) is 1. The fourth-order valence-electron chi connectivity index (χ4n) is 2.22. The van der Waals surface area contributed by atoms with E-state index in [0.717, 1.165) is 5.56 Å². The molecule has 1 atom stereocenters. The largest absolute Gasteiger partial charge is 0.545 e. The zero-order chi connectivity index (χ0) is 20.9. The van der Waals surface area contributed by atoms with Gasteiger partial charge in [0.25, 0.3) is 5.91 Å². The van der Waals surface area contributed by atoms with Crippen LogP contribution < -0.4 is 21.1 Å². The Morgan fingerprint density at radius 1 is 1.04 bits per heavy atom. The van der Waals surface area contributed by atoms with Gasteiger partial charge in [0.05, 0.1) is 5.97 Å². The Balaban J connectivity index is 2.09. The van der Waals surface area contributed by atoms with E-state index < -0.39 is 21.8 Å². The number of carboxylic acids is 1. The van der Waals surface area contributed by atoms with Gasteiger partial charge in [0, 0.05) is 11.3 Å². The van der Waals surface area contributed by atoms with Gasteiger partial charge in [-0.15, -0.1) is 0 Å². The molecule has 0 bridgehead atoms. The number of nitrogens with one attached hydrogen (secondary N) is 3. The van der Waals surface area contributed by atoms with E-state index in [-0.39, 0.29) is 10.7 Å². The predicted octanol–water partition coefficient (Wildman–Crippen LogP) is 2.77. The molecule has 2 aromatic rings. The molecule has 3 N–H and O–H groups in total. The number of hydrogen-bond acceptors (Lipinski definition) is 4. The summed E-state index contributed by atoms with van der Waals surface area (Å²) in [5.74, 6) is -1.79. The Hall–Kier alpha value is -2.06. The average Bonchev–Trinajstić information content (AvgIpc) is 2.60. The van der Waals surface area contributed by atoms with Gasteiger partial charge in [0.2, 0.25) is 3.79 Å². The smallest absolute Gasteiger partial charge is 0.252 e. The quantitative estimate of drug-likeness (QED) is 0.362. The number of carbonyl (C=O) groups is 2. The lowest BCUT2D eigenvalue weighted by Crippen LogP contribution is -2.56. The van der Waals surface area contributed by atoms with Crippen molar-refractivity contribution in [3.8, 4) is 0 Å². The second-order valence-electron chi connectivity index (χ2n) is 5.78. The third-order valence-corrected chi connectivity index (χ3v) is 4.39. The van der Waals surface area contributed by atoms with Crippen molar-refractivity contribution in [2.24, 2.45) is 0 Å². The van der Waals surface area contributed by atoms with Crippen molar-refractivity contribution in [3.05, 3.63) is 65.2 Å². The van der Waals surface area contributed by atoms with Gasteiger partial charge >= 0.3 is 0 Å². The number of anilines is 1. The van der Waals surface area contributed by atoms with Crippen molar-refractivity contribution in [2.75, 3.05) is 5.32 Å². The van der Waals surface area contributed by atoms with E-state index in [0.29, 0.717) is 11.3 Å². The number of alkyl halides is 3. The number of benzene rings is 2.